The number of hydrogen-bond donors (Lipinski definition) is 0. The summed E-state index contributed by atoms with van der Waals surface area (Å²) in [5, 5.41) is 0. The average molecular weight is 423 g/mol. The molecule has 0 aromatic heterocycles. The van der Waals surface area contributed by atoms with Gasteiger partial charge in [-0.25, -0.2) is 0 Å². The van der Waals surface area contributed by atoms with Crippen molar-refractivity contribution >= 4 is 26.4 Å². The Morgan fingerprint density at radius 2 is 1.58 bits per heavy atom. The van der Waals surface area contributed by atoms with Crippen LogP contribution in [0.1, 0.15) is 85.0 Å². The highest BCUT2D eigenvalue weighted by Gasteiger charge is 2.61. The van der Waals surface area contributed by atoms with E-state index in [0.29, 0.717) is 11.3 Å². The first-order chi connectivity index (χ1) is 12.3. The van der Waals surface area contributed by atoms with Gasteiger partial charge in [-0.05, 0) is 91.8 Å². The van der Waals surface area contributed by atoms with Gasteiger partial charge in [0.25, 0.3) is 4.69 Å². The maximum Gasteiger partial charge on any atom is 0.263 e. The second-order valence-electron chi connectivity index (χ2n) is 10.4. The van der Waals surface area contributed by atoms with E-state index < -0.39 is 4.69 Å². The summed E-state index contributed by atoms with van der Waals surface area (Å²) in [7, 11) is 0. The zero-order chi connectivity index (χ0) is 18.7. The molecular weight excluding hydrogens is 388 g/mol. The highest BCUT2D eigenvalue weighted by Crippen LogP contribution is 2.68. The molecule has 4 aliphatic rings. The van der Waals surface area contributed by atoms with E-state index in [2.05, 4.69) is 36.7 Å². The topological polar surface area (TPSA) is 34.1 Å². The number of ketones is 1. The highest BCUT2D eigenvalue weighted by molar-refractivity contribution is 9.19. The number of carbonyl (C=O) groups is 2. The predicted molar refractivity (Wildman–Crippen MR) is 108 cm³/mol. The Labute approximate surface area is 167 Å². The molecule has 2 unspecified atom stereocenters. The molecule has 0 aromatic rings. The summed E-state index contributed by atoms with van der Waals surface area (Å²) in [6.07, 6.45) is 12.7. The molecule has 8 atom stereocenters. The van der Waals surface area contributed by atoms with E-state index in [0.717, 1.165) is 42.9 Å². The van der Waals surface area contributed by atoms with Crippen LogP contribution in [0.5, 0.6) is 0 Å². The molecule has 0 N–H and O–H groups in total. The lowest BCUT2D eigenvalue weighted by Crippen LogP contribution is -2.55. The monoisotopic (exact) mass is 422 g/mol. The lowest BCUT2D eigenvalue weighted by molar-refractivity contribution is -0.150. The van der Waals surface area contributed by atoms with Crippen molar-refractivity contribution in [3.8, 4) is 0 Å². The molecule has 0 heterocycles. The molecule has 0 radical (unpaired) electrons. The lowest BCUT2D eigenvalue weighted by Gasteiger charge is -2.61. The quantitative estimate of drug-likeness (QED) is 0.402. The third kappa shape index (κ3) is 2.62. The van der Waals surface area contributed by atoms with Gasteiger partial charge in [0.15, 0.2) is 0 Å². The van der Waals surface area contributed by atoms with Crippen molar-refractivity contribution < 1.29 is 9.59 Å². The zero-order valence-electron chi connectivity index (χ0n) is 16.7. The first-order valence-electron chi connectivity index (χ1n) is 11.1. The van der Waals surface area contributed by atoms with Crippen molar-refractivity contribution in [3.63, 3.8) is 0 Å². The Bertz CT molecular complexity index is 601. The SMILES string of the molecule is CC[C@H]1CC[C@H]2[C@@H]3CCC4C(C(=O)C(=O)Br)CCC[C@]4(C)[C@H]3CC[C@]12C. The molecule has 146 valence electrons. The van der Waals surface area contributed by atoms with Gasteiger partial charge in [-0.15, -0.1) is 0 Å². The number of Topliss-reactive ketones (excluding diaryl/α,β-unsaturated/α-hetero) is 1. The first-order valence-corrected chi connectivity index (χ1v) is 11.9. The largest absolute Gasteiger partial charge is 0.290 e. The predicted octanol–water partition coefficient (Wildman–Crippen LogP) is 6.16. The Balaban J connectivity index is 1.62. The fourth-order valence-electron chi connectivity index (χ4n) is 8.66. The number of fused-ring (bicyclic) bond motifs is 5. The molecule has 0 saturated heterocycles. The molecule has 4 fully saturated rings. The molecule has 0 aromatic carbocycles. The molecule has 0 spiro atoms. The minimum Gasteiger partial charge on any atom is -0.290 e. The Morgan fingerprint density at radius 1 is 0.885 bits per heavy atom. The molecular formula is C23H35BrO2. The van der Waals surface area contributed by atoms with Gasteiger partial charge in [-0.1, -0.05) is 33.6 Å². The molecule has 0 aliphatic heterocycles. The van der Waals surface area contributed by atoms with Gasteiger partial charge in [0.2, 0.25) is 5.78 Å². The zero-order valence-corrected chi connectivity index (χ0v) is 18.3. The second-order valence-corrected chi connectivity index (χ2v) is 11.2. The van der Waals surface area contributed by atoms with Crippen molar-refractivity contribution in [3.05, 3.63) is 0 Å². The van der Waals surface area contributed by atoms with E-state index in [9.17, 15) is 9.59 Å². The van der Waals surface area contributed by atoms with Gasteiger partial charge in [0, 0.05) is 21.8 Å². The van der Waals surface area contributed by atoms with E-state index in [-0.39, 0.29) is 17.1 Å². The maximum atomic E-state index is 12.6. The molecule has 4 aliphatic carbocycles. The van der Waals surface area contributed by atoms with Crippen molar-refractivity contribution in [2.45, 2.75) is 85.0 Å². The van der Waals surface area contributed by atoms with E-state index >= 15 is 0 Å². The van der Waals surface area contributed by atoms with Gasteiger partial charge in [-0.2, -0.15) is 0 Å². The van der Waals surface area contributed by atoms with Crippen molar-refractivity contribution in [2.75, 3.05) is 0 Å². The number of carbonyl (C=O) groups excluding carboxylic acids is 2. The highest BCUT2D eigenvalue weighted by atomic mass is 79.9. The standard InChI is InChI=1S/C23H35BrO2/c1-4-14-7-9-17-15-8-10-18-16(20(25)21(24)26)6-5-12-23(18,3)19(15)11-13-22(14,17)2/h14-19H,4-13H2,1-3H3/t14-,15-,16?,17-,18?,19-,22+,23-/m0/s1. The fourth-order valence-corrected chi connectivity index (χ4v) is 8.95. The Kier molecular flexibility index (Phi) is 4.94. The number of rotatable bonds is 3. The summed E-state index contributed by atoms with van der Waals surface area (Å²) >= 11 is 2.95. The summed E-state index contributed by atoms with van der Waals surface area (Å²) in [5.74, 6) is 3.72. The molecule has 0 bridgehead atoms. The van der Waals surface area contributed by atoms with Crippen molar-refractivity contribution in [1.82, 2.24) is 0 Å². The van der Waals surface area contributed by atoms with Crippen LogP contribution in [0.4, 0.5) is 0 Å². The van der Waals surface area contributed by atoms with Crippen LogP contribution in [0.2, 0.25) is 0 Å². The third-order valence-electron chi connectivity index (χ3n) is 9.88. The van der Waals surface area contributed by atoms with Crippen LogP contribution in [-0.4, -0.2) is 10.5 Å². The van der Waals surface area contributed by atoms with Crippen molar-refractivity contribution in [1.29, 1.82) is 0 Å². The van der Waals surface area contributed by atoms with Gasteiger partial charge in [0.05, 0.1) is 0 Å². The van der Waals surface area contributed by atoms with Crippen LogP contribution in [0.25, 0.3) is 0 Å². The molecule has 26 heavy (non-hydrogen) atoms. The lowest BCUT2D eigenvalue weighted by atomic mass is 9.43. The molecule has 0 amide bonds. The minimum absolute atomic E-state index is 0.0261. The van der Waals surface area contributed by atoms with Crippen LogP contribution in [0.15, 0.2) is 0 Å². The number of hydrogen-bond acceptors (Lipinski definition) is 2. The van der Waals surface area contributed by atoms with E-state index in [1.807, 2.05) is 0 Å². The van der Waals surface area contributed by atoms with Gasteiger partial charge >= 0.3 is 0 Å². The summed E-state index contributed by atoms with van der Waals surface area (Å²) in [5.41, 5.74) is 0.838. The minimum atomic E-state index is -0.397. The summed E-state index contributed by atoms with van der Waals surface area (Å²) in [4.78, 5) is 24.3. The molecule has 3 heteroatoms. The van der Waals surface area contributed by atoms with Crippen LogP contribution in [-0.2, 0) is 9.59 Å². The average Bonchev–Trinajstić information content (AvgIpc) is 2.96. The Morgan fingerprint density at radius 3 is 2.27 bits per heavy atom. The van der Waals surface area contributed by atoms with E-state index in [4.69, 9.17) is 0 Å². The normalized spacial score (nSPS) is 50.5. The van der Waals surface area contributed by atoms with Crippen LogP contribution in [0, 0.1) is 46.3 Å². The molecule has 4 saturated carbocycles. The van der Waals surface area contributed by atoms with Gasteiger partial charge in [-0.3, -0.25) is 9.59 Å². The van der Waals surface area contributed by atoms with Gasteiger partial charge < -0.3 is 0 Å². The maximum absolute atomic E-state index is 12.6. The van der Waals surface area contributed by atoms with Crippen LogP contribution < -0.4 is 0 Å². The van der Waals surface area contributed by atoms with E-state index in [1.165, 1.54) is 44.9 Å². The first kappa shape index (κ1) is 19.2. The molecule has 4 rings (SSSR count). The van der Waals surface area contributed by atoms with Crippen molar-refractivity contribution in [2.24, 2.45) is 46.3 Å². The summed E-state index contributed by atoms with van der Waals surface area (Å²) in [6, 6.07) is 0. The van der Waals surface area contributed by atoms with Crippen LogP contribution >= 0.6 is 15.9 Å². The molecule has 2 nitrogen and oxygen atoms in total. The van der Waals surface area contributed by atoms with E-state index in [1.54, 1.807) is 0 Å². The fraction of sp³-hybridized carbons (Fsp3) is 0.913. The third-order valence-corrected chi connectivity index (χ3v) is 10.3. The summed E-state index contributed by atoms with van der Waals surface area (Å²) < 4.78 is -0.397. The van der Waals surface area contributed by atoms with Crippen LogP contribution in [0.3, 0.4) is 0 Å². The summed E-state index contributed by atoms with van der Waals surface area (Å²) in [6.45, 7) is 7.47. The number of halogens is 1. The van der Waals surface area contributed by atoms with Gasteiger partial charge in [0.1, 0.15) is 0 Å². The second kappa shape index (κ2) is 6.71. The Hall–Kier alpha value is -0.180. The smallest absolute Gasteiger partial charge is 0.263 e.